The molecular formula is C20H32F3N5. The molecule has 1 saturated heterocycles. The summed E-state index contributed by atoms with van der Waals surface area (Å²) < 4.78 is 37.4. The summed E-state index contributed by atoms with van der Waals surface area (Å²) in [5, 5.41) is 6.54. The van der Waals surface area contributed by atoms with Crippen molar-refractivity contribution in [3.8, 4) is 0 Å². The van der Waals surface area contributed by atoms with Crippen molar-refractivity contribution in [3.63, 3.8) is 0 Å². The zero-order chi connectivity index (χ0) is 20.4. The van der Waals surface area contributed by atoms with E-state index in [1.807, 2.05) is 18.2 Å². The van der Waals surface area contributed by atoms with Gasteiger partial charge in [-0.2, -0.15) is 13.2 Å². The Balaban J connectivity index is 1.64. The maximum Gasteiger partial charge on any atom is 0.401 e. The normalized spacial score (nSPS) is 18.3. The fourth-order valence-corrected chi connectivity index (χ4v) is 3.52. The molecule has 1 fully saturated rings. The summed E-state index contributed by atoms with van der Waals surface area (Å²) >= 11 is 0. The molecule has 28 heavy (non-hydrogen) atoms. The van der Waals surface area contributed by atoms with Crippen molar-refractivity contribution in [2.24, 2.45) is 10.9 Å². The number of hydrogen-bond acceptors (Lipinski definition) is 3. The predicted octanol–water partition coefficient (Wildman–Crippen LogP) is 2.95. The molecule has 5 nitrogen and oxygen atoms in total. The molecule has 2 rings (SSSR count). The molecule has 1 atom stereocenters. The van der Waals surface area contributed by atoms with Gasteiger partial charge in [-0.05, 0) is 44.4 Å². The maximum absolute atomic E-state index is 12.5. The van der Waals surface area contributed by atoms with E-state index in [1.54, 1.807) is 7.05 Å². The first-order chi connectivity index (χ1) is 13.4. The van der Waals surface area contributed by atoms with Gasteiger partial charge >= 0.3 is 6.18 Å². The average Bonchev–Trinajstić information content (AvgIpc) is 3.10. The van der Waals surface area contributed by atoms with Gasteiger partial charge in [0.05, 0.1) is 6.54 Å². The molecule has 1 aromatic carbocycles. The summed E-state index contributed by atoms with van der Waals surface area (Å²) in [5.41, 5.74) is 1.22. The Morgan fingerprint density at radius 3 is 2.64 bits per heavy atom. The topological polar surface area (TPSA) is 42.9 Å². The van der Waals surface area contributed by atoms with Crippen molar-refractivity contribution >= 4 is 11.6 Å². The van der Waals surface area contributed by atoms with E-state index < -0.39 is 12.7 Å². The molecule has 1 aliphatic heterocycles. The molecule has 0 spiro atoms. The Morgan fingerprint density at radius 1 is 1.25 bits per heavy atom. The predicted molar refractivity (Wildman–Crippen MR) is 109 cm³/mol. The van der Waals surface area contributed by atoms with Gasteiger partial charge in [-0.15, -0.1) is 0 Å². The second kappa shape index (κ2) is 11.1. The molecule has 0 bridgehead atoms. The largest absolute Gasteiger partial charge is 0.401 e. The number of aliphatic imine (C=N–C) groups is 1. The van der Waals surface area contributed by atoms with Crippen molar-refractivity contribution in [3.05, 3.63) is 30.3 Å². The van der Waals surface area contributed by atoms with E-state index in [0.717, 1.165) is 32.5 Å². The highest BCUT2D eigenvalue weighted by Crippen LogP contribution is 2.22. The smallest absolute Gasteiger partial charge is 0.372 e. The summed E-state index contributed by atoms with van der Waals surface area (Å²) in [6.07, 6.45) is -2.37. The van der Waals surface area contributed by atoms with Crippen molar-refractivity contribution < 1.29 is 13.2 Å². The molecule has 8 heteroatoms. The fraction of sp³-hybridized carbons (Fsp3) is 0.650. The second-order valence-electron chi connectivity index (χ2n) is 7.15. The van der Waals surface area contributed by atoms with Gasteiger partial charge in [0.15, 0.2) is 5.96 Å². The van der Waals surface area contributed by atoms with E-state index in [1.165, 1.54) is 10.6 Å². The summed E-state index contributed by atoms with van der Waals surface area (Å²) in [6.45, 7) is 5.63. The molecule has 1 heterocycles. The van der Waals surface area contributed by atoms with E-state index in [9.17, 15) is 13.2 Å². The van der Waals surface area contributed by atoms with Crippen LogP contribution in [0.3, 0.4) is 0 Å². The monoisotopic (exact) mass is 399 g/mol. The molecule has 0 aliphatic carbocycles. The molecule has 2 N–H and O–H groups in total. The number of nitrogens with one attached hydrogen (secondary N) is 2. The van der Waals surface area contributed by atoms with Crippen LogP contribution in [-0.2, 0) is 0 Å². The number of nitrogens with zero attached hydrogens (tertiary/aromatic N) is 3. The van der Waals surface area contributed by atoms with Crippen LogP contribution < -0.4 is 15.5 Å². The highest BCUT2D eigenvalue weighted by atomic mass is 19.4. The van der Waals surface area contributed by atoms with Crippen LogP contribution in [0, 0.1) is 5.92 Å². The van der Waals surface area contributed by atoms with Gasteiger partial charge in [0, 0.05) is 45.5 Å². The molecule has 1 aliphatic rings. The second-order valence-corrected chi connectivity index (χ2v) is 7.15. The lowest BCUT2D eigenvalue weighted by Gasteiger charge is -2.23. The number of halogens is 3. The zero-order valence-electron chi connectivity index (χ0n) is 16.8. The van der Waals surface area contributed by atoms with E-state index in [-0.39, 0.29) is 5.92 Å². The van der Waals surface area contributed by atoms with Crippen molar-refractivity contribution in [1.29, 1.82) is 0 Å². The third-order valence-corrected chi connectivity index (χ3v) is 4.95. The molecule has 0 amide bonds. The SMILES string of the molecule is CCN(CCCNC(=NC)NCC1CCN(CC(F)(F)F)C1)c1ccccc1. The van der Waals surface area contributed by atoms with Crippen LogP contribution in [0.2, 0.25) is 0 Å². The van der Waals surface area contributed by atoms with Gasteiger partial charge in [0.2, 0.25) is 0 Å². The van der Waals surface area contributed by atoms with Gasteiger partial charge in [-0.25, -0.2) is 0 Å². The fourth-order valence-electron chi connectivity index (χ4n) is 3.52. The quantitative estimate of drug-likeness (QED) is 0.381. The van der Waals surface area contributed by atoms with E-state index in [2.05, 4.69) is 39.6 Å². The van der Waals surface area contributed by atoms with Crippen molar-refractivity contribution in [2.75, 3.05) is 57.8 Å². The van der Waals surface area contributed by atoms with Gasteiger partial charge in [-0.3, -0.25) is 9.89 Å². The van der Waals surface area contributed by atoms with Crippen molar-refractivity contribution in [2.45, 2.75) is 25.9 Å². The molecule has 0 aromatic heterocycles. The maximum atomic E-state index is 12.5. The van der Waals surface area contributed by atoms with Crippen LogP contribution in [-0.4, -0.2) is 69.9 Å². The van der Waals surface area contributed by atoms with Crippen LogP contribution >= 0.6 is 0 Å². The number of para-hydroxylation sites is 1. The standard InChI is InChI=1S/C20H32F3N5/c1-3-28(18-8-5-4-6-9-18)12-7-11-25-19(24-2)26-14-17-10-13-27(15-17)16-20(21,22)23/h4-6,8-9,17H,3,7,10-16H2,1-2H3,(H2,24,25,26). The Kier molecular flexibility index (Phi) is 8.89. The van der Waals surface area contributed by atoms with Crippen LogP contribution in [0.15, 0.2) is 35.3 Å². The molecule has 1 unspecified atom stereocenters. The third kappa shape index (κ3) is 7.96. The first-order valence-electron chi connectivity index (χ1n) is 9.95. The summed E-state index contributed by atoms with van der Waals surface area (Å²) in [7, 11) is 1.71. The van der Waals surface area contributed by atoms with E-state index >= 15 is 0 Å². The number of guanidine groups is 1. The lowest BCUT2D eigenvalue weighted by atomic mass is 10.1. The number of likely N-dealkylation sites (tertiary alicyclic amines) is 1. The zero-order valence-corrected chi connectivity index (χ0v) is 16.8. The van der Waals surface area contributed by atoms with E-state index in [0.29, 0.717) is 25.6 Å². The Labute approximate surface area is 166 Å². The third-order valence-electron chi connectivity index (χ3n) is 4.95. The van der Waals surface area contributed by atoms with Gasteiger partial charge in [0.1, 0.15) is 0 Å². The Bertz CT molecular complexity index is 591. The van der Waals surface area contributed by atoms with Crippen molar-refractivity contribution in [1.82, 2.24) is 15.5 Å². The van der Waals surface area contributed by atoms with Crippen LogP contribution in [0.1, 0.15) is 19.8 Å². The highest BCUT2D eigenvalue weighted by molar-refractivity contribution is 5.79. The lowest BCUT2D eigenvalue weighted by Crippen LogP contribution is -2.41. The number of anilines is 1. The number of benzene rings is 1. The first kappa shape index (κ1) is 22.3. The minimum absolute atomic E-state index is 0.217. The van der Waals surface area contributed by atoms with Crippen LogP contribution in [0.5, 0.6) is 0 Å². The minimum atomic E-state index is -4.12. The van der Waals surface area contributed by atoms with Crippen LogP contribution in [0.25, 0.3) is 0 Å². The average molecular weight is 400 g/mol. The first-order valence-corrected chi connectivity index (χ1v) is 9.95. The molecule has 0 saturated carbocycles. The number of rotatable bonds is 9. The highest BCUT2D eigenvalue weighted by Gasteiger charge is 2.34. The minimum Gasteiger partial charge on any atom is -0.372 e. The van der Waals surface area contributed by atoms with Gasteiger partial charge in [-0.1, -0.05) is 18.2 Å². The van der Waals surface area contributed by atoms with Crippen LogP contribution in [0.4, 0.5) is 18.9 Å². The Hall–Kier alpha value is -1.96. The molecule has 0 radical (unpaired) electrons. The van der Waals surface area contributed by atoms with Gasteiger partial charge < -0.3 is 15.5 Å². The summed E-state index contributed by atoms with van der Waals surface area (Å²) in [5.74, 6) is 0.923. The molecule has 1 aromatic rings. The number of alkyl halides is 3. The summed E-state index contributed by atoms with van der Waals surface area (Å²) in [4.78, 5) is 8.01. The van der Waals surface area contributed by atoms with E-state index in [4.69, 9.17) is 0 Å². The lowest BCUT2D eigenvalue weighted by molar-refractivity contribution is -0.143. The number of hydrogen-bond donors (Lipinski definition) is 2. The Morgan fingerprint density at radius 2 is 2.00 bits per heavy atom. The summed E-state index contributed by atoms with van der Waals surface area (Å²) in [6, 6.07) is 10.3. The molecular weight excluding hydrogens is 367 g/mol. The van der Waals surface area contributed by atoms with Gasteiger partial charge in [0.25, 0.3) is 0 Å². The molecule has 158 valence electrons.